The molecule has 0 bridgehead atoms. The fraction of sp³-hybridized carbons (Fsp3) is 0.522. The minimum absolute atomic E-state index is 0.00419. The number of hydrogen-bond acceptors (Lipinski definition) is 4. The summed E-state index contributed by atoms with van der Waals surface area (Å²) in [5.74, 6) is 0.160. The summed E-state index contributed by atoms with van der Waals surface area (Å²) in [7, 11) is 0. The van der Waals surface area contributed by atoms with Gasteiger partial charge in [0.1, 0.15) is 11.6 Å². The van der Waals surface area contributed by atoms with Crippen molar-refractivity contribution >= 4 is 11.8 Å². The molecule has 8 heteroatoms. The second-order valence-corrected chi connectivity index (χ2v) is 8.28. The fourth-order valence-corrected chi connectivity index (χ4v) is 4.46. The largest absolute Gasteiger partial charge is 0.493 e. The number of piperidine rings is 2. The molecule has 2 aliphatic rings. The maximum Gasteiger partial charge on any atom is 0.257 e. The third kappa shape index (κ3) is 5.24. The summed E-state index contributed by atoms with van der Waals surface area (Å²) < 4.78 is 18.8. The van der Waals surface area contributed by atoms with Gasteiger partial charge in [0.25, 0.3) is 5.91 Å². The zero-order valence-corrected chi connectivity index (χ0v) is 17.7. The molecule has 1 unspecified atom stereocenters. The van der Waals surface area contributed by atoms with Crippen molar-refractivity contribution < 1.29 is 18.7 Å². The lowest BCUT2D eigenvalue weighted by Crippen LogP contribution is -2.40. The average Bonchev–Trinajstić information content (AvgIpc) is 3.29. The van der Waals surface area contributed by atoms with Crippen molar-refractivity contribution in [2.45, 2.75) is 44.4 Å². The molecule has 2 aliphatic heterocycles. The molecule has 1 atom stereocenters. The average molecular weight is 429 g/mol. The maximum absolute atomic E-state index is 13.2. The van der Waals surface area contributed by atoms with E-state index in [0.717, 1.165) is 44.5 Å². The Bertz CT molecular complexity index is 910. The molecular weight excluding hydrogens is 399 g/mol. The number of carbonyl (C=O) groups is 2. The summed E-state index contributed by atoms with van der Waals surface area (Å²) in [6.07, 6.45) is 6.89. The van der Waals surface area contributed by atoms with Gasteiger partial charge in [-0.05, 0) is 44.2 Å². The highest BCUT2D eigenvalue weighted by molar-refractivity contribution is 5.95. The van der Waals surface area contributed by atoms with Gasteiger partial charge in [0.15, 0.2) is 0 Å². The predicted molar refractivity (Wildman–Crippen MR) is 113 cm³/mol. The third-order valence-electron chi connectivity index (χ3n) is 6.11. The zero-order chi connectivity index (χ0) is 21.6. The second-order valence-electron chi connectivity index (χ2n) is 8.28. The predicted octanol–water partition coefficient (Wildman–Crippen LogP) is 3.35. The number of nitrogens with zero attached hydrogens (tertiary/aromatic N) is 3. The monoisotopic (exact) mass is 428 g/mol. The maximum atomic E-state index is 13.2. The van der Waals surface area contributed by atoms with Crippen LogP contribution in [-0.2, 0) is 4.79 Å². The summed E-state index contributed by atoms with van der Waals surface area (Å²) in [4.78, 5) is 29.4. The van der Waals surface area contributed by atoms with Crippen LogP contribution in [0, 0.1) is 5.82 Å². The van der Waals surface area contributed by atoms with Gasteiger partial charge in [-0.15, -0.1) is 0 Å². The molecule has 1 N–H and O–H groups in total. The van der Waals surface area contributed by atoms with Crippen LogP contribution in [0.2, 0.25) is 0 Å². The van der Waals surface area contributed by atoms with Gasteiger partial charge in [0.2, 0.25) is 5.91 Å². The number of nitrogens with one attached hydrogen (secondary N) is 1. The molecule has 166 valence electrons. The third-order valence-corrected chi connectivity index (χ3v) is 6.11. The molecule has 1 aromatic heterocycles. The van der Waals surface area contributed by atoms with Crippen molar-refractivity contribution in [1.82, 2.24) is 20.0 Å². The zero-order valence-electron chi connectivity index (χ0n) is 17.7. The number of aromatic nitrogens is 2. The molecule has 31 heavy (non-hydrogen) atoms. The number of benzene rings is 1. The second kappa shape index (κ2) is 9.94. The summed E-state index contributed by atoms with van der Waals surface area (Å²) >= 11 is 0. The first-order valence-corrected chi connectivity index (χ1v) is 11.1. The Hall–Kier alpha value is -2.90. The Kier molecular flexibility index (Phi) is 6.84. The van der Waals surface area contributed by atoms with E-state index >= 15 is 0 Å². The van der Waals surface area contributed by atoms with Crippen molar-refractivity contribution in [3.05, 3.63) is 47.5 Å². The lowest BCUT2D eigenvalue weighted by molar-refractivity contribution is -0.132. The van der Waals surface area contributed by atoms with Crippen LogP contribution in [0.5, 0.6) is 5.75 Å². The number of amides is 2. The van der Waals surface area contributed by atoms with E-state index in [-0.39, 0.29) is 36.6 Å². The minimum atomic E-state index is -0.364. The highest BCUT2D eigenvalue weighted by atomic mass is 19.1. The Morgan fingerprint density at radius 1 is 1.13 bits per heavy atom. The van der Waals surface area contributed by atoms with Crippen molar-refractivity contribution in [2.75, 3.05) is 32.8 Å². The van der Waals surface area contributed by atoms with Gasteiger partial charge < -0.3 is 14.5 Å². The van der Waals surface area contributed by atoms with Crippen LogP contribution in [0.4, 0.5) is 4.39 Å². The molecule has 0 saturated carbocycles. The lowest BCUT2D eigenvalue weighted by atomic mass is 9.92. The summed E-state index contributed by atoms with van der Waals surface area (Å²) in [5.41, 5.74) is 1.47. The minimum Gasteiger partial charge on any atom is -0.493 e. The fourth-order valence-electron chi connectivity index (χ4n) is 4.46. The highest BCUT2D eigenvalue weighted by Crippen LogP contribution is 2.29. The number of rotatable bonds is 6. The molecule has 7 nitrogen and oxygen atoms in total. The molecular formula is C23H29FN4O3. The molecule has 4 rings (SSSR count). The van der Waals surface area contributed by atoms with E-state index in [1.54, 1.807) is 18.3 Å². The molecule has 2 aromatic rings. The topological polar surface area (TPSA) is 78.5 Å². The number of likely N-dealkylation sites (tertiary alicyclic amines) is 2. The summed E-state index contributed by atoms with van der Waals surface area (Å²) in [6.45, 7) is 3.04. The van der Waals surface area contributed by atoms with Crippen LogP contribution < -0.4 is 4.74 Å². The number of halogens is 1. The van der Waals surface area contributed by atoms with E-state index in [9.17, 15) is 14.0 Å². The molecule has 2 saturated heterocycles. The number of hydrogen-bond donors (Lipinski definition) is 1. The lowest BCUT2D eigenvalue weighted by Gasteiger charge is -2.33. The number of H-pyrrole nitrogens is 1. The SMILES string of the molecule is O=C(CCOc1cccc(F)c1)N1CCCC(c2[nH]ncc2C(=O)N2CCCCC2)C1. The number of ether oxygens (including phenoxy) is 1. The highest BCUT2D eigenvalue weighted by Gasteiger charge is 2.30. The first kappa shape index (κ1) is 21.3. The Morgan fingerprint density at radius 3 is 2.74 bits per heavy atom. The van der Waals surface area contributed by atoms with Crippen LogP contribution in [0.1, 0.15) is 60.5 Å². The van der Waals surface area contributed by atoms with E-state index in [2.05, 4.69) is 10.2 Å². The van der Waals surface area contributed by atoms with Gasteiger partial charge in [-0.25, -0.2) is 4.39 Å². The van der Waals surface area contributed by atoms with Crippen molar-refractivity contribution in [1.29, 1.82) is 0 Å². The Labute approximate surface area is 181 Å². The summed E-state index contributed by atoms with van der Waals surface area (Å²) in [5, 5.41) is 7.18. The van der Waals surface area contributed by atoms with Crippen molar-refractivity contribution in [2.24, 2.45) is 0 Å². The Balaban J connectivity index is 1.34. The van der Waals surface area contributed by atoms with E-state index in [1.165, 1.54) is 18.6 Å². The molecule has 0 radical (unpaired) electrons. The molecule has 0 aliphatic carbocycles. The van der Waals surface area contributed by atoms with Crippen LogP contribution >= 0.6 is 0 Å². The van der Waals surface area contributed by atoms with Gasteiger partial charge >= 0.3 is 0 Å². The summed E-state index contributed by atoms with van der Waals surface area (Å²) in [6, 6.07) is 5.91. The van der Waals surface area contributed by atoms with E-state index in [0.29, 0.717) is 24.4 Å². The Morgan fingerprint density at radius 2 is 1.94 bits per heavy atom. The van der Waals surface area contributed by atoms with E-state index in [4.69, 9.17) is 4.74 Å². The van der Waals surface area contributed by atoms with Gasteiger partial charge in [0.05, 0.1) is 30.5 Å². The molecule has 2 amide bonds. The van der Waals surface area contributed by atoms with E-state index in [1.807, 2.05) is 9.80 Å². The number of carbonyl (C=O) groups excluding carboxylic acids is 2. The van der Waals surface area contributed by atoms with Crippen LogP contribution in [0.15, 0.2) is 30.5 Å². The smallest absolute Gasteiger partial charge is 0.257 e. The first-order chi connectivity index (χ1) is 15.1. The standard InChI is InChI=1S/C23H29FN4O3/c24-18-7-4-8-19(14-18)31-13-9-21(29)28-12-5-6-17(16-28)22-20(15-25-26-22)23(30)27-10-2-1-3-11-27/h4,7-8,14-15,17H,1-3,5-6,9-13,16H2,(H,25,26). The quantitative estimate of drug-likeness (QED) is 0.765. The molecule has 1 aromatic carbocycles. The van der Waals surface area contributed by atoms with Gasteiger partial charge in [-0.3, -0.25) is 14.7 Å². The van der Waals surface area contributed by atoms with E-state index < -0.39 is 0 Å². The van der Waals surface area contributed by atoms with Crippen LogP contribution in [0.25, 0.3) is 0 Å². The van der Waals surface area contributed by atoms with Crippen LogP contribution in [0.3, 0.4) is 0 Å². The molecule has 3 heterocycles. The van der Waals surface area contributed by atoms with Gasteiger partial charge in [-0.1, -0.05) is 6.07 Å². The molecule has 0 spiro atoms. The van der Waals surface area contributed by atoms with Crippen LogP contribution in [-0.4, -0.2) is 64.6 Å². The van der Waals surface area contributed by atoms with Crippen molar-refractivity contribution in [3.63, 3.8) is 0 Å². The van der Waals surface area contributed by atoms with Gasteiger partial charge in [0, 0.05) is 38.2 Å². The number of aromatic amines is 1. The first-order valence-electron chi connectivity index (χ1n) is 11.1. The van der Waals surface area contributed by atoms with Gasteiger partial charge in [-0.2, -0.15) is 5.10 Å². The molecule has 2 fully saturated rings. The normalized spacial score (nSPS) is 19.3. The van der Waals surface area contributed by atoms with Crippen molar-refractivity contribution in [3.8, 4) is 5.75 Å².